The van der Waals surface area contributed by atoms with Crippen LogP contribution in [0.25, 0.3) is 0 Å². The van der Waals surface area contributed by atoms with Gasteiger partial charge in [-0.3, -0.25) is 4.79 Å². The van der Waals surface area contributed by atoms with Gasteiger partial charge in [0, 0.05) is 39.0 Å². The Balaban J connectivity index is 0.00000320. The molecule has 3 rings (SSSR count). The molecule has 1 aliphatic heterocycles. The quantitative estimate of drug-likeness (QED) is 0.210. The molecular formula is C22H35IN4O3. The van der Waals surface area contributed by atoms with E-state index in [4.69, 9.17) is 14.5 Å². The number of guanidine groups is 1. The molecule has 7 nitrogen and oxygen atoms in total. The molecule has 8 heteroatoms. The molecule has 30 heavy (non-hydrogen) atoms. The van der Waals surface area contributed by atoms with E-state index in [1.807, 2.05) is 31.3 Å². The fourth-order valence-electron chi connectivity index (χ4n) is 3.23. The zero-order chi connectivity index (χ0) is 20.5. The number of rotatable bonds is 10. The predicted molar refractivity (Wildman–Crippen MR) is 130 cm³/mol. The Hall–Kier alpha value is -1.39. The van der Waals surface area contributed by atoms with E-state index in [9.17, 15) is 4.79 Å². The maximum Gasteiger partial charge on any atom is 0.253 e. The molecule has 1 heterocycles. The zero-order valence-corrected chi connectivity index (χ0v) is 20.4. The summed E-state index contributed by atoms with van der Waals surface area (Å²) in [6, 6.07) is 7.83. The van der Waals surface area contributed by atoms with Crippen LogP contribution in [0.3, 0.4) is 0 Å². The molecule has 1 aliphatic carbocycles. The summed E-state index contributed by atoms with van der Waals surface area (Å²) >= 11 is 0. The molecule has 2 fully saturated rings. The van der Waals surface area contributed by atoms with Crippen molar-refractivity contribution < 1.29 is 14.3 Å². The first-order valence-corrected chi connectivity index (χ1v) is 10.7. The number of ether oxygens (including phenoxy) is 2. The minimum Gasteiger partial charge on any atom is -0.379 e. The van der Waals surface area contributed by atoms with Crippen molar-refractivity contribution in [1.29, 1.82) is 0 Å². The van der Waals surface area contributed by atoms with E-state index in [0.29, 0.717) is 19.8 Å². The lowest BCUT2D eigenvalue weighted by Crippen LogP contribution is -2.40. The van der Waals surface area contributed by atoms with Gasteiger partial charge in [-0.25, -0.2) is 4.99 Å². The Morgan fingerprint density at radius 1 is 1.33 bits per heavy atom. The summed E-state index contributed by atoms with van der Waals surface area (Å²) in [6.07, 6.45) is 4.03. The van der Waals surface area contributed by atoms with E-state index < -0.39 is 0 Å². The summed E-state index contributed by atoms with van der Waals surface area (Å²) in [4.78, 5) is 19.1. The summed E-state index contributed by atoms with van der Waals surface area (Å²) in [7, 11) is 2.03. The predicted octanol–water partition coefficient (Wildman–Crippen LogP) is 3.25. The second kappa shape index (κ2) is 13.1. The number of likely N-dealkylation sites (N-methyl/N-ethyl adjacent to an activating group) is 1. The van der Waals surface area contributed by atoms with E-state index in [-0.39, 0.29) is 36.0 Å². The highest BCUT2D eigenvalue weighted by Gasteiger charge is 2.23. The Bertz CT molecular complexity index is 691. The minimum atomic E-state index is -0.326. The summed E-state index contributed by atoms with van der Waals surface area (Å²) in [6.45, 7) is 6.47. The van der Waals surface area contributed by atoms with Crippen molar-refractivity contribution in [2.24, 2.45) is 10.9 Å². The molecule has 1 saturated heterocycles. The number of halogens is 1. The highest BCUT2D eigenvalue weighted by molar-refractivity contribution is 14.0. The first-order valence-electron chi connectivity index (χ1n) is 10.7. The van der Waals surface area contributed by atoms with Gasteiger partial charge in [-0.1, -0.05) is 12.1 Å². The highest BCUT2D eigenvalue weighted by Crippen LogP contribution is 2.28. The summed E-state index contributed by atoms with van der Waals surface area (Å²) in [5.41, 5.74) is 1.83. The number of amides is 1. The van der Waals surface area contributed by atoms with Gasteiger partial charge in [0.2, 0.25) is 0 Å². The Labute approximate surface area is 197 Å². The number of anilines is 1. The molecule has 0 aromatic heterocycles. The van der Waals surface area contributed by atoms with Crippen molar-refractivity contribution in [2.75, 3.05) is 45.3 Å². The van der Waals surface area contributed by atoms with Gasteiger partial charge >= 0.3 is 0 Å². The number of carbonyl (C=O) groups is 1. The van der Waals surface area contributed by atoms with Gasteiger partial charge in [0.15, 0.2) is 5.96 Å². The number of nitrogens with one attached hydrogen (secondary N) is 2. The van der Waals surface area contributed by atoms with Gasteiger partial charge in [0.25, 0.3) is 5.91 Å². The molecule has 1 saturated carbocycles. The maximum absolute atomic E-state index is 12.2. The molecule has 1 aromatic rings. The molecule has 0 radical (unpaired) electrons. The first-order chi connectivity index (χ1) is 14.2. The molecule has 0 spiro atoms. The SMILES string of the molecule is CCNC(=NCc1cccc(NC(=O)C2CCCO2)c1)N(C)CCOCC1CC1.I. The first kappa shape index (κ1) is 24.9. The lowest BCUT2D eigenvalue weighted by atomic mass is 10.2. The largest absolute Gasteiger partial charge is 0.379 e. The van der Waals surface area contributed by atoms with Crippen LogP contribution in [0.2, 0.25) is 0 Å². The van der Waals surface area contributed by atoms with Crippen molar-refractivity contribution in [1.82, 2.24) is 10.2 Å². The smallest absolute Gasteiger partial charge is 0.253 e. The van der Waals surface area contributed by atoms with Crippen molar-refractivity contribution in [3.05, 3.63) is 29.8 Å². The third-order valence-electron chi connectivity index (χ3n) is 5.15. The van der Waals surface area contributed by atoms with Gasteiger partial charge < -0.3 is 25.0 Å². The molecule has 168 valence electrons. The second-order valence-electron chi connectivity index (χ2n) is 7.80. The van der Waals surface area contributed by atoms with E-state index in [0.717, 1.165) is 55.7 Å². The van der Waals surface area contributed by atoms with Crippen LogP contribution in [-0.4, -0.2) is 62.8 Å². The fourth-order valence-corrected chi connectivity index (χ4v) is 3.23. The number of hydrogen-bond acceptors (Lipinski definition) is 4. The van der Waals surface area contributed by atoms with Gasteiger partial charge in [0.05, 0.1) is 13.2 Å². The normalized spacial score (nSPS) is 18.6. The van der Waals surface area contributed by atoms with Crippen LogP contribution in [-0.2, 0) is 20.8 Å². The fraction of sp³-hybridized carbons (Fsp3) is 0.636. The lowest BCUT2D eigenvalue weighted by Gasteiger charge is -2.22. The van der Waals surface area contributed by atoms with E-state index >= 15 is 0 Å². The zero-order valence-electron chi connectivity index (χ0n) is 18.1. The number of aliphatic imine (C=N–C) groups is 1. The van der Waals surface area contributed by atoms with Gasteiger partial charge in [0.1, 0.15) is 6.10 Å². The van der Waals surface area contributed by atoms with Crippen LogP contribution in [0.1, 0.15) is 38.2 Å². The highest BCUT2D eigenvalue weighted by atomic mass is 127. The monoisotopic (exact) mass is 530 g/mol. The van der Waals surface area contributed by atoms with E-state index in [2.05, 4.69) is 22.5 Å². The second-order valence-corrected chi connectivity index (χ2v) is 7.80. The lowest BCUT2D eigenvalue weighted by molar-refractivity contribution is -0.124. The molecule has 1 unspecified atom stereocenters. The Kier molecular flexibility index (Phi) is 10.9. The van der Waals surface area contributed by atoms with Crippen LogP contribution in [0.15, 0.2) is 29.3 Å². The van der Waals surface area contributed by atoms with Gasteiger partial charge in [-0.05, 0) is 56.2 Å². The van der Waals surface area contributed by atoms with Gasteiger partial charge in [-0.2, -0.15) is 0 Å². The van der Waals surface area contributed by atoms with Crippen LogP contribution < -0.4 is 10.6 Å². The molecule has 0 bridgehead atoms. The van der Waals surface area contributed by atoms with Crippen molar-refractivity contribution in [3.8, 4) is 0 Å². The number of benzene rings is 1. The molecule has 1 atom stereocenters. The summed E-state index contributed by atoms with van der Waals surface area (Å²) < 4.78 is 11.2. The topological polar surface area (TPSA) is 75.2 Å². The summed E-state index contributed by atoms with van der Waals surface area (Å²) in [5.74, 6) is 1.58. The van der Waals surface area contributed by atoms with Crippen LogP contribution in [0.5, 0.6) is 0 Å². The van der Waals surface area contributed by atoms with E-state index in [1.165, 1.54) is 12.8 Å². The van der Waals surface area contributed by atoms with Crippen LogP contribution in [0.4, 0.5) is 5.69 Å². The average molecular weight is 530 g/mol. The standard InChI is InChI=1S/C22H34N4O3.HI/c1-3-23-22(26(2)11-13-28-16-17-9-10-17)24-15-18-6-4-7-19(14-18)25-21(27)20-8-5-12-29-20;/h4,6-7,14,17,20H,3,5,8-13,15-16H2,1-2H3,(H,23,24)(H,25,27);1H. The maximum atomic E-state index is 12.2. The van der Waals surface area contributed by atoms with Crippen LogP contribution in [0, 0.1) is 5.92 Å². The third-order valence-corrected chi connectivity index (χ3v) is 5.15. The number of carbonyl (C=O) groups excluding carboxylic acids is 1. The summed E-state index contributed by atoms with van der Waals surface area (Å²) in [5, 5.41) is 6.29. The minimum absolute atomic E-state index is 0. The van der Waals surface area contributed by atoms with Gasteiger partial charge in [-0.15, -0.1) is 24.0 Å². The average Bonchev–Trinajstić information content (AvgIpc) is 3.38. The molecule has 2 N–H and O–H groups in total. The molecule has 2 aliphatic rings. The van der Waals surface area contributed by atoms with Crippen molar-refractivity contribution in [2.45, 2.75) is 45.3 Å². The van der Waals surface area contributed by atoms with Crippen LogP contribution >= 0.6 is 24.0 Å². The molecule has 1 aromatic carbocycles. The van der Waals surface area contributed by atoms with Crippen molar-refractivity contribution >= 4 is 41.5 Å². The van der Waals surface area contributed by atoms with Crippen molar-refractivity contribution in [3.63, 3.8) is 0 Å². The molecular weight excluding hydrogens is 495 g/mol. The number of nitrogens with zero attached hydrogens (tertiary/aromatic N) is 2. The Morgan fingerprint density at radius 2 is 2.17 bits per heavy atom. The molecule has 1 amide bonds. The third kappa shape index (κ3) is 8.39. The Morgan fingerprint density at radius 3 is 2.87 bits per heavy atom. The number of hydrogen-bond donors (Lipinski definition) is 2. The van der Waals surface area contributed by atoms with E-state index in [1.54, 1.807) is 0 Å².